The van der Waals surface area contributed by atoms with Crippen molar-refractivity contribution in [1.82, 2.24) is 10.3 Å². The lowest BCUT2D eigenvalue weighted by atomic mass is 10.1. The van der Waals surface area contributed by atoms with E-state index >= 15 is 0 Å². The van der Waals surface area contributed by atoms with Crippen LogP contribution in [0.4, 0.5) is 5.69 Å². The first kappa shape index (κ1) is 26.6. The second kappa shape index (κ2) is 12.1. The number of ether oxygens (including phenoxy) is 4. The van der Waals surface area contributed by atoms with Gasteiger partial charge in [-0.2, -0.15) is 0 Å². The van der Waals surface area contributed by atoms with Crippen molar-refractivity contribution >= 4 is 28.5 Å². The van der Waals surface area contributed by atoms with Crippen LogP contribution in [0.2, 0.25) is 0 Å². The summed E-state index contributed by atoms with van der Waals surface area (Å²) in [6, 6.07) is 9.71. The molecule has 1 aromatic heterocycles. The molecule has 1 heterocycles. The van der Waals surface area contributed by atoms with Crippen molar-refractivity contribution in [3.63, 3.8) is 0 Å². The number of nitrogen functional groups attached to an aromatic ring is 1. The Bertz CT molecular complexity index is 1250. The first-order valence-electron chi connectivity index (χ1n) is 11.5. The lowest BCUT2D eigenvalue weighted by Crippen LogP contribution is -2.36. The number of nitrogens with one attached hydrogen (secondary N) is 1. The van der Waals surface area contributed by atoms with Gasteiger partial charge in [-0.05, 0) is 51.1 Å². The number of anilines is 1. The standard InChI is InChI=1S/C26H31N3O7/c1-5-34-26(32)22-16(3)29-18-7-6-8-20(23(18)24(22)27)36-14-15(2)28-25(31)17-9-10-19(33-4)21(13-17)35-12-11-30/h6-10,13,15,30H,5,11-12,14H2,1-4H3,(H2,27,29)(H,28,31)/t15-/m0/s1. The molecule has 192 valence electrons. The van der Waals surface area contributed by atoms with E-state index in [9.17, 15) is 9.59 Å². The summed E-state index contributed by atoms with van der Waals surface area (Å²) >= 11 is 0. The summed E-state index contributed by atoms with van der Waals surface area (Å²) < 4.78 is 21.8. The maximum absolute atomic E-state index is 12.8. The molecule has 0 fully saturated rings. The molecule has 1 amide bonds. The van der Waals surface area contributed by atoms with E-state index in [1.165, 1.54) is 7.11 Å². The second-order valence-electron chi connectivity index (χ2n) is 7.98. The zero-order chi connectivity index (χ0) is 26.2. The highest BCUT2D eigenvalue weighted by Crippen LogP contribution is 2.34. The van der Waals surface area contributed by atoms with Crippen LogP contribution in [0.5, 0.6) is 17.2 Å². The Hall–Kier alpha value is -4.05. The number of aromatic nitrogens is 1. The van der Waals surface area contributed by atoms with Gasteiger partial charge in [0.1, 0.15) is 24.5 Å². The van der Waals surface area contributed by atoms with E-state index in [0.717, 1.165) is 0 Å². The van der Waals surface area contributed by atoms with E-state index in [-0.39, 0.29) is 49.6 Å². The van der Waals surface area contributed by atoms with E-state index in [1.807, 2.05) is 0 Å². The van der Waals surface area contributed by atoms with Crippen LogP contribution in [0.3, 0.4) is 0 Å². The number of carbonyl (C=O) groups is 2. The first-order chi connectivity index (χ1) is 17.3. The van der Waals surface area contributed by atoms with Gasteiger partial charge < -0.3 is 35.1 Å². The molecule has 0 saturated heterocycles. The third-order valence-corrected chi connectivity index (χ3v) is 5.31. The number of benzene rings is 2. The molecule has 0 unspecified atom stereocenters. The highest BCUT2D eigenvalue weighted by molar-refractivity contribution is 6.07. The van der Waals surface area contributed by atoms with Crippen molar-refractivity contribution in [2.75, 3.05) is 39.3 Å². The van der Waals surface area contributed by atoms with Crippen LogP contribution >= 0.6 is 0 Å². The third-order valence-electron chi connectivity index (χ3n) is 5.31. The monoisotopic (exact) mass is 497 g/mol. The van der Waals surface area contributed by atoms with Gasteiger partial charge >= 0.3 is 5.97 Å². The van der Waals surface area contributed by atoms with Crippen molar-refractivity contribution in [3.8, 4) is 17.2 Å². The molecule has 3 rings (SSSR count). The minimum Gasteiger partial charge on any atom is -0.493 e. The number of pyridine rings is 1. The molecular weight excluding hydrogens is 466 g/mol. The number of fused-ring (bicyclic) bond motifs is 1. The number of amides is 1. The second-order valence-corrected chi connectivity index (χ2v) is 7.98. The summed E-state index contributed by atoms with van der Waals surface area (Å²) in [5.41, 5.74) is 8.22. The number of aliphatic hydroxyl groups excluding tert-OH is 1. The van der Waals surface area contributed by atoms with Gasteiger partial charge in [0.2, 0.25) is 0 Å². The molecule has 0 aliphatic rings. The molecule has 0 radical (unpaired) electrons. The Morgan fingerprint density at radius 1 is 1.14 bits per heavy atom. The van der Waals surface area contributed by atoms with Crippen LogP contribution in [0, 0.1) is 6.92 Å². The van der Waals surface area contributed by atoms with Crippen LogP contribution in [0.15, 0.2) is 36.4 Å². The molecule has 0 aliphatic heterocycles. The smallest absolute Gasteiger partial charge is 0.342 e. The van der Waals surface area contributed by atoms with Gasteiger partial charge in [0.15, 0.2) is 11.5 Å². The van der Waals surface area contributed by atoms with Gasteiger partial charge in [0.05, 0.1) is 48.6 Å². The summed E-state index contributed by atoms with van der Waals surface area (Å²) in [6.07, 6.45) is 0. The van der Waals surface area contributed by atoms with Gasteiger partial charge in [-0.1, -0.05) is 6.07 Å². The molecule has 0 aliphatic carbocycles. The Balaban J connectivity index is 1.75. The predicted octanol–water partition coefficient (Wildman–Crippen LogP) is 2.88. The Labute approximate surface area is 209 Å². The fourth-order valence-corrected chi connectivity index (χ4v) is 3.67. The molecule has 10 heteroatoms. The molecule has 0 spiro atoms. The van der Waals surface area contributed by atoms with Gasteiger partial charge in [-0.3, -0.25) is 9.78 Å². The summed E-state index contributed by atoms with van der Waals surface area (Å²) in [5, 5.41) is 12.4. The number of aliphatic hydroxyl groups is 1. The SMILES string of the molecule is CCOC(=O)c1c(C)nc2cccc(OC[C@H](C)NC(=O)c3ccc(OC)c(OCCO)c3)c2c1N. The van der Waals surface area contributed by atoms with Crippen molar-refractivity contribution in [1.29, 1.82) is 0 Å². The number of methoxy groups -OCH3 is 1. The molecule has 36 heavy (non-hydrogen) atoms. The van der Waals surface area contributed by atoms with Gasteiger partial charge in [0.25, 0.3) is 5.91 Å². The molecule has 0 bridgehead atoms. The average molecular weight is 498 g/mol. The molecule has 2 aromatic carbocycles. The number of hydrogen-bond donors (Lipinski definition) is 3. The third kappa shape index (κ3) is 5.95. The molecule has 0 saturated carbocycles. The number of nitrogens with zero attached hydrogens (tertiary/aromatic N) is 1. The van der Waals surface area contributed by atoms with Crippen molar-refractivity contribution < 1.29 is 33.6 Å². The normalized spacial score (nSPS) is 11.6. The van der Waals surface area contributed by atoms with Crippen molar-refractivity contribution in [2.24, 2.45) is 0 Å². The van der Waals surface area contributed by atoms with Gasteiger partial charge in [-0.15, -0.1) is 0 Å². The molecule has 1 atom stereocenters. The predicted molar refractivity (Wildman–Crippen MR) is 135 cm³/mol. The number of esters is 1. The lowest BCUT2D eigenvalue weighted by Gasteiger charge is -2.18. The summed E-state index contributed by atoms with van der Waals surface area (Å²) in [4.78, 5) is 29.7. The van der Waals surface area contributed by atoms with E-state index in [0.29, 0.717) is 39.4 Å². The molecule has 10 nitrogen and oxygen atoms in total. The Morgan fingerprint density at radius 2 is 1.92 bits per heavy atom. The number of rotatable bonds is 11. The quantitative estimate of drug-likeness (QED) is 0.341. The van der Waals surface area contributed by atoms with Crippen LogP contribution in [0.25, 0.3) is 10.9 Å². The molecule has 3 aromatic rings. The zero-order valence-corrected chi connectivity index (χ0v) is 20.8. The maximum Gasteiger partial charge on any atom is 0.342 e. The van der Waals surface area contributed by atoms with E-state index < -0.39 is 5.97 Å². The summed E-state index contributed by atoms with van der Waals surface area (Å²) in [7, 11) is 1.49. The summed E-state index contributed by atoms with van der Waals surface area (Å²) in [5.74, 6) is 0.375. The highest BCUT2D eigenvalue weighted by atomic mass is 16.5. The maximum atomic E-state index is 12.8. The first-order valence-corrected chi connectivity index (χ1v) is 11.5. The number of aryl methyl sites for hydroxylation is 1. The minimum atomic E-state index is -0.542. The Morgan fingerprint density at radius 3 is 2.61 bits per heavy atom. The van der Waals surface area contributed by atoms with Gasteiger partial charge in [0, 0.05) is 5.56 Å². The fraction of sp³-hybridized carbons (Fsp3) is 0.346. The Kier molecular flexibility index (Phi) is 8.91. The van der Waals surface area contributed by atoms with Crippen LogP contribution in [-0.2, 0) is 4.74 Å². The largest absolute Gasteiger partial charge is 0.493 e. The highest BCUT2D eigenvalue weighted by Gasteiger charge is 2.21. The van der Waals surface area contributed by atoms with Crippen LogP contribution < -0.4 is 25.3 Å². The average Bonchev–Trinajstić information content (AvgIpc) is 2.85. The van der Waals surface area contributed by atoms with Crippen LogP contribution in [0.1, 0.15) is 40.3 Å². The van der Waals surface area contributed by atoms with E-state index in [1.54, 1.807) is 57.2 Å². The minimum absolute atomic E-state index is 0.0755. The number of carbonyl (C=O) groups excluding carboxylic acids is 2. The topological polar surface area (TPSA) is 142 Å². The molecular formula is C26H31N3O7. The van der Waals surface area contributed by atoms with E-state index in [2.05, 4.69) is 10.3 Å². The van der Waals surface area contributed by atoms with Gasteiger partial charge in [-0.25, -0.2) is 4.79 Å². The number of hydrogen-bond acceptors (Lipinski definition) is 9. The lowest BCUT2D eigenvalue weighted by molar-refractivity contribution is 0.0526. The zero-order valence-electron chi connectivity index (χ0n) is 20.8. The fourth-order valence-electron chi connectivity index (χ4n) is 3.67. The number of nitrogens with two attached hydrogens (primary N) is 1. The molecule has 4 N–H and O–H groups in total. The summed E-state index contributed by atoms with van der Waals surface area (Å²) in [6.45, 7) is 5.48. The van der Waals surface area contributed by atoms with Crippen molar-refractivity contribution in [2.45, 2.75) is 26.8 Å². The van der Waals surface area contributed by atoms with Crippen molar-refractivity contribution in [3.05, 3.63) is 53.2 Å². The van der Waals surface area contributed by atoms with E-state index in [4.69, 9.17) is 29.8 Å². The van der Waals surface area contributed by atoms with Crippen LogP contribution in [-0.4, -0.2) is 61.5 Å².